The van der Waals surface area contributed by atoms with Crippen LogP contribution in [0.2, 0.25) is 0 Å². The van der Waals surface area contributed by atoms with Gasteiger partial charge < -0.3 is 9.73 Å². The van der Waals surface area contributed by atoms with Gasteiger partial charge in [-0.15, -0.1) is 0 Å². The van der Waals surface area contributed by atoms with Crippen LogP contribution in [0.5, 0.6) is 0 Å². The fraction of sp³-hybridized carbons (Fsp3) is 0.0667. The quantitative estimate of drug-likeness (QED) is 0.589. The molecule has 0 bridgehead atoms. The van der Waals surface area contributed by atoms with Gasteiger partial charge in [-0.1, -0.05) is 12.1 Å². The van der Waals surface area contributed by atoms with Crippen LogP contribution in [0.15, 0.2) is 51.7 Å². The van der Waals surface area contributed by atoms with Crippen molar-refractivity contribution in [2.45, 2.75) is 6.92 Å². The molecular formula is C15H11N3O4. The second kappa shape index (κ2) is 5.28. The Bertz CT molecular complexity index is 916. The van der Waals surface area contributed by atoms with Crippen molar-refractivity contribution in [3.63, 3.8) is 0 Å². The van der Waals surface area contributed by atoms with Crippen molar-refractivity contribution in [2.75, 3.05) is 5.32 Å². The average molecular weight is 297 g/mol. The molecule has 0 amide bonds. The molecule has 110 valence electrons. The van der Waals surface area contributed by atoms with Gasteiger partial charge in [-0.05, 0) is 30.7 Å². The molecule has 0 radical (unpaired) electrons. The van der Waals surface area contributed by atoms with E-state index in [0.717, 1.165) is 5.56 Å². The van der Waals surface area contributed by atoms with Crippen LogP contribution < -0.4 is 10.9 Å². The van der Waals surface area contributed by atoms with E-state index in [9.17, 15) is 14.9 Å². The number of nitro benzene ring substituents is 1. The minimum atomic E-state index is -0.485. The smallest absolute Gasteiger partial charge is 0.348 e. The molecule has 0 saturated heterocycles. The van der Waals surface area contributed by atoms with Gasteiger partial charge in [-0.25, -0.2) is 4.79 Å². The van der Waals surface area contributed by atoms with E-state index in [1.165, 1.54) is 24.3 Å². The van der Waals surface area contributed by atoms with Gasteiger partial charge >= 0.3 is 11.6 Å². The Balaban J connectivity index is 1.97. The first-order chi connectivity index (χ1) is 10.5. The second-order valence-electron chi connectivity index (χ2n) is 4.70. The molecule has 1 N–H and O–H groups in total. The molecular weight excluding hydrogens is 286 g/mol. The molecule has 3 rings (SSSR count). The number of anilines is 2. The summed E-state index contributed by atoms with van der Waals surface area (Å²) in [5, 5.41) is 13.9. The maximum Gasteiger partial charge on any atom is 0.348 e. The third-order valence-corrected chi connectivity index (χ3v) is 3.20. The first-order valence-corrected chi connectivity index (χ1v) is 6.46. The van der Waals surface area contributed by atoms with Crippen LogP contribution >= 0.6 is 0 Å². The summed E-state index contributed by atoms with van der Waals surface area (Å²) in [7, 11) is 0. The third kappa shape index (κ3) is 2.51. The van der Waals surface area contributed by atoms with E-state index in [2.05, 4.69) is 10.3 Å². The number of nitrogens with zero attached hydrogens (tertiary/aromatic N) is 2. The molecule has 1 heterocycles. The molecule has 0 atom stereocenters. The number of rotatable bonds is 3. The highest BCUT2D eigenvalue weighted by molar-refractivity contribution is 5.81. The van der Waals surface area contributed by atoms with Crippen LogP contribution in [0.25, 0.3) is 10.9 Å². The monoisotopic (exact) mass is 297 g/mol. The lowest BCUT2D eigenvalue weighted by molar-refractivity contribution is -0.384. The Hall–Kier alpha value is -3.22. The zero-order valence-electron chi connectivity index (χ0n) is 11.6. The second-order valence-corrected chi connectivity index (χ2v) is 4.70. The Morgan fingerprint density at radius 2 is 1.91 bits per heavy atom. The molecule has 7 nitrogen and oxygen atoms in total. The molecule has 0 unspecified atom stereocenters. The molecule has 0 aliphatic rings. The SMILES string of the molecule is Cc1cccc2nc(Nc3ccc([N+](=O)[O-])cc3)oc(=O)c12. The van der Waals surface area contributed by atoms with Crippen LogP contribution in [-0.4, -0.2) is 9.91 Å². The molecule has 0 aliphatic heterocycles. The zero-order chi connectivity index (χ0) is 15.7. The zero-order valence-corrected chi connectivity index (χ0v) is 11.6. The minimum absolute atomic E-state index is 0.0194. The number of fused-ring (bicyclic) bond motifs is 1. The van der Waals surface area contributed by atoms with E-state index in [-0.39, 0.29) is 11.7 Å². The summed E-state index contributed by atoms with van der Waals surface area (Å²) < 4.78 is 5.14. The first kappa shape index (κ1) is 13.7. The standard InChI is InChI=1S/C15H11N3O4/c1-9-3-2-4-12-13(9)14(19)22-15(17-12)16-10-5-7-11(8-6-10)18(20)21/h2-8H,1H3,(H,16,17). The fourth-order valence-corrected chi connectivity index (χ4v) is 2.13. The Morgan fingerprint density at radius 1 is 1.18 bits per heavy atom. The maximum atomic E-state index is 12.0. The predicted octanol–water partition coefficient (Wildman–Crippen LogP) is 3.15. The molecule has 22 heavy (non-hydrogen) atoms. The fourth-order valence-electron chi connectivity index (χ4n) is 2.13. The number of hydrogen-bond acceptors (Lipinski definition) is 6. The summed E-state index contributed by atoms with van der Waals surface area (Å²) in [5.41, 5.74) is 1.36. The highest BCUT2D eigenvalue weighted by Gasteiger charge is 2.09. The highest BCUT2D eigenvalue weighted by Crippen LogP contribution is 2.20. The lowest BCUT2D eigenvalue weighted by Gasteiger charge is -2.05. The summed E-state index contributed by atoms with van der Waals surface area (Å²) in [6.07, 6.45) is 0. The molecule has 2 aromatic carbocycles. The van der Waals surface area contributed by atoms with Crippen molar-refractivity contribution in [1.29, 1.82) is 0 Å². The third-order valence-electron chi connectivity index (χ3n) is 3.20. The molecule has 0 fully saturated rings. The molecule has 0 aliphatic carbocycles. The number of non-ortho nitro benzene ring substituents is 1. The van der Waals surface area contributed by atoms with Gasteiger partial charge in [0.15, 0.2) is 0 Å². The van der Waals surface area contributed by atoms with Gasteiger partial charge in [-0.2, -0.15) is 4.98 Å². The normalized spacial score (nSPS) is 10.6. The van der Waals surface area contributed by atoms with E-state index in [1.54, 1.807) is 12.1 Å². The van der Waals surface area contributed by atoms with Gasteiger partial charge in [0.2, 0.25) is 0 Å². The van der Waals surface area contributed by atoms with E-state index < -0.39 is 10.5 Å². The van der Waals surface area contributed by atoms with Crippen LogP contribution in [0.1, 0.15) is 5.56 Å². The number of nitrogens with one attached hydrogen (secondary N) is 1. The summed E-state index contributed by atoms with van der Waals surface area (Å²) >= 11 is 0. The lowest BCUT2D eigenvalue weighted by Crippen LogP contribution is -2.06. The van der Waals surface area contributed by atoms with E-state index in [0.29, 0.717) is 16.6 Å². The Morgan fingerprint density at radius 3 is 2.59 bits per heavy atom. The van der Waals surface area contributed by atoms with Gasteiger partial charge in [0.25, 0.3) is 5.69 Å². The average Bonchev–Trinajstić information content (AvgIpc) is 2.47. The van der Waals surface area contributed by atoms with E-state index in [4.69, 9.17) is 4.42 Å². The van der Waals surface area contributed by atoms with Crippen LogP contribution in [-0.2, 0) is 0 Å². The molecule has 1 aromatic heterocycles. The van der Waals surface area contributed by atoms with E-state index in [1.807, 2.05) is 13.0 Å². The largest absolute Gasteiger partial charge is 0.388 e. The number of hydrogen-bond donors (Lipinski definition) is 1. The van der Waals surface area contributed by atoms with Crippen molar-refractivity contribution in [3.8, 4) is 0 Å². The topological polar surface area (TPSA) is 98.3 Å². The number of nitro groups is 1. The summed E-state index contributed by atoms with van der Waals surface area (Å²) in [6, 6.07) is 11.1. The van der Waals surface area contributed by atoms with Crippen molar-refractivity contribution in [2.24, 2.45) is 0 Å². The van der Waals surface area contributed by atoms with Crippen LogP contribution in [0.3, 0.4) is 0 Å². The molecule has 3 aromatic rings. The number of aromatic nitrogens is 1. The molecule has 0 spiro atoms. The highest BCUT2D eigenvalue weighted by atomic mass is 16.6. The van der Waals surface area contributed by atoms with Gasteiger partial charge in [0, 0.05) is 17.8 Å². The summed E-state index contributed by atoms with van der Waals surface area (Å²) in [5.74, 6) is 0. The van der Waals surface area contributed by atoms with Crippen LogP contribution in [0, 0.1) is 17.0 Å². The lowest BCUT2D eigenvalue weighted by atomic mass is 10.1. The van der Waals surface area contributed by atoms with Crippen molar-refractivity contribution in [1.82, 2.24) is 4.98 Å². The van der Waals surface area contributed by atoms with E-state index >= 15 is 0 Å². The molecule has 7 heteroatoms. The Kier molecular flexibility index (Phi) is 3.30. The molecule has 0 saturated carbocycles. The van der Waals surface area contributed by atoms with Gasteiger partial charge in [0.1, 0.15) is 0 Å². The van der Waals surface area contributed by atoms with Crippen molar-refractivity contribution >= 4 is 28.3 Å². The Labute approximate surface area is 124 Å². The van der Waals surface area contributed by atoms with Crippen molar-refractivity contribution < 1.29 is 9.34 Å². The summed E-state index contributed by atoms with van der Waals surface area (Å²) in [4.78, 5) is 26.4. The van der Waals surface area contributed by atoms with Gasteiger partial charge in [-0.3, -0.25) is 10.1 Å². The van der Waals surface area contributed by atoms with Crippen LogP contribution in [0.4, 0.5) is 17.4 Å². The van der Waals surface area contributed by atoms with Crippen molar-refractivity contribution in [3.05, 3.63) is 68.6 Å². The predicted molar refractivity (Wildman–Crippen MR) is 81.4 cm³/mol. The number of benzene rings is 2. The maximum absolute atomic E-state index is 12.0. The minimum Gasteiger partial charge on any atom is -0.388 e. The first-order valence-electron chi connectivity index (χ1n) is 6.46. The van der Waals surface area contributed by atoms with Gasteiger partial charge in [0.05, 0.1) is 15.8 Å². The summed E-state index contributed by atoms with van der Waals surface area (Å²) in [6.45, 7) is 1.81. The number of aryl methyl sites for hydroxylation is 1.